The molecular formula is C28H30ClN3O9S. The molecule has 0 heterocycles. The van der Waals surface area contributed by atoms with Crippen molar-refractivity contribution in [3.63, 3.8) is 0 Å². The number of nitrogens with zero attached hydrogens (tertiary/aromatic N) is 1. The third-order valence-corrected chi connectivity index (χ3v) is 7.06. The van der Waals surface area contributed by atoms with Gasteiger partial charge in [0, 0.05) is 12.5 Å². The summed E-state index contributed by atoms with van der Waals surface area (Å²) in [4.78, 5) is 35.4. The lowest BCUT2D eigenvalue weighted by Gasteiger charge is -2.23. The van der Waals surface area contributed by atoms with Gasteiger partial charge in [-0.2, -0.15) is 0 Å². The Labute approximate surface area is 248 Å². The van der Waals surface area contributed by atoms with Crippen LogP contribution >= 0.6 is 11.6 Å². The Kier molecular flexibility index (Phi) is 10.7. The maximum Gasteiger partial charge on any atom is 0.408 e. The zero-order chi connectivity index (χ0) is 30.9. The number of carbonyl (C=O) groups is 2. The quantitative estimate of drug-likeness (QED) is 0.167. The molecule has 3 rings (SSSR count). The molecule has 12 nitrogen and oxygen atoms in total. The van der Waals surface area contributed by atoms with Crippen molar-refractivity contribution in [1.82, 2.24) is 10.0 Å². The second-order valence-corrected chi connectivity index (χ2v) is 12.0. The van der Waals surface area contributed by atoms with Crippen molar-refractivity contribution in [1.29, 1.82) is 0 Å². The van der Waals surface area contributed by atoms with Gasteiger partial charge in [0.05, 0.1) is 9.82 Å². The van der Waals surface area contributed by atoms with Crippen LogP contribution in [0.5, 0.6) is 11.5 Å². The van der Waals surface area contributed by atoms with E-state index >= 15 is 0 Å². The zero-order valence-electron chi connectivity index (χ0n) is 23.0. The van der Waals surface area contributed by atoms with Crippen molar-refractivity contribution in [3.05, 3.63) is 93.5 Å². The Morgan fingerprint density at radius 2 is 1.55 bits per heavy atom. The summed E-state index contributed by atoms with van der Waals surface area (Å²) in [6.45, 7) is 5.48. The molecule has 0 unspecified atom stereocenters. The number of alkyl carbamates (subject to hydrolysis) is 1. The fourth-order valence-electron chi connectivity index (χ4n) is 3.51. The molecule has 42 heavy (non-hydrogen) atoms. The van der Waals surface area contributed by atoms with E-state index in [4.69, 9.17) is 25.8 Å². The highest BCUT2D eigenvalue weighted by Crippen LogP contribution is 2.27. The van der Waals surface area contributed by atoms with Crippen LogP contribution in [0.2, 0.25) is 5.02 Å². The highest BCUT2D eigenvalue weighted by Gasteiger charge is 2.29. The van der Waals surface area contributed by atoms with E-state index in [0.717, 1.165) is 23.9 Å². The Balaban J connectivity index is 1.70. The second kappa shape index (κ2) is 14.0. The molecule has 14 heteroatoms. The van der Waals surface area contributed by atoms with Crippen LogP contribution in [0.4, 0.5) is 10.5 Å². The number of rotatable bonds is 12. The van der Waals surface area contributed by atoms with Gasteiger partial charge in [-0.3, -0.25) is 14.9 Å². The molecular weight excluding hydrogens is 590 g/mol. The van der Waals surface area contributed by atoms with E-state index in [1.165, 1.54) is 0 Å². The topological polar surface area (TPSA) is 163 Å². The lowest BCUT2D eigenvalue weighted by atomic mass is 10.1. The minimum atomic E-state index is -4.57. The van der Waals surface area contributed by atoms with Crippen LogP contribution in [0.1, 0.15) is 26.3 Å². The summed E-state index contributed by atoms with van der Waals surface area (Å²) in [5.74, 6) is 0.162. The number of benzene rings is 3. The van der Waals surface area contributed by atoms with Crippen LogP contribution in [0.25, 0.3) is 0 Å². The van der Waals surface area contributed by atoms with Crippen LogP contribution in [-0.2, 0) is 26.0 Å². The van der Waals surface area contributed by atoms with Gasteiger partial charge in [-0.15, -0.1) is 0 Å². The molecule has 0 radical (unpaired) electrons. The summed E-state index contributed by atoms with van der Waals surface area (Å²) < 4.78 is 44.1. The fraction of sp³-hybridized carbons (Fsp3) is 0.286. The summed E-state index contributed by atoms with van der Waals surface area (Å²) in [6.07, 6.45) is -1.06. The van der Waals surface area contributed by atoms with E-state index in [9.17, 15) is 28.1 Å². The first-order chi connectivity index (χ1) is 19.7. The number of halogens is 1. The predicted octanol–water partition coefficient (Wildman–Crippen LogP) is 4.65. The zero-order valence-corrected chi connectivity index (χ0v) is 24.6. The molecule has 224 valence electrons. The lowest BCUT2D eigenvalue weighted by molar-refractivity contribution is -0.384. The van der Waals surface area contributed by atoms with E-state index in [1.54, 1.807) is 45.0 Å². The Bertz CT molecular complexity index is 1510. The highest BCUT2D eigenvalue weighted by atomic mass is 35.5. The van der Waals surface area contributed by atoms with Crippen LogP contribution < -0.4 is 19.5 Å². The largest absolute Gasteiger partial charge is 0.490 e. The van der Waals surface area contributed by atoms with E-state index < -0.39 is 49.2 Å². The molecule has 2 amide bonds. The Morgan fingerprint density at radius 3 is 2.12 bits per heavy atom. The molecule has 0 saturated heterocycles. The van der Waals surface area contributed by atoms with Crippen LogP contribution in [0.15, 0.2) is 77.7 Å². The fourth-order valence-corrected chi connectivity index (χ4v) is 4.74. The van der Waals surface area contributed by atoms with Crippen molar-refractivity contribution in [2.75, 3.05) is 13.2 Å². The SMILES string of the molecule is CC(C)(C)OC(=O)N[C@@H](Cc1ccc(OCCOc2ccccc2)cc1)C(=O)NS(=O)(=O)c1ccc(Cl)c([N+](=O)[O-])c1. The Morgan fingerprint density at radius 1 is 0.952 bits per heavy atom. The van der Waals surface area contributed by atoms with Crippen molar-refractivity contribution in [3.8, 4) is 11.5 Å². The average Bonchev–Trinajstić information content (AvgIpc) is 2.91. The summed E-state index contributed by atoms with van der Waals surface area (Å²) in [7, 11) is -4.57. The van der Waals surface area contributed by atoms with Crippen molar-refractivity contribution in [2.24, 2.45) is 0 Å². The standard InChI is InChI=1S/C28H30ClN3O9S/c1-28(2,3)41-27(34)30-24(26(33)31-42(37,38)22-13-14-23(29)25(18-22)32(35)36)17-19-9-11-21(12-10-19)40-16-15-39-20-7-5-4-6-8-20/h4-14,18,24H,15-17H2,1-3H3,(H,30,34)(H,31,33)/t24-/m0/s1. The number of hydrogen-bond acceptors (Lipinski definition) is 9. The summed E-state index contributed by atoms with van der Waals surface area (Å²) in [5, 5.41) is 13.3. The molecule has 1 atom stereocenters. The van der Waals surface area contributed by atoms with Crippen molar-refractivity contribution < 1.29 is 37.1 Å². The van der Waals surface area contributed by atoms with Gasteiger partial charge in [-0.05, 0) is 62.7 Å². The number of sulfonamides is 1. The molecule has 0 spiro atoms. The van der Waals surface area contributed by atoms with Gasteiger partial charge in [0.2, 0.25) is 0 Å². The van der Waals surface area contributed by atoms with Crippen molar-refractivity contribution in [2.45, 2.75) is 43.7 Å². The van der Waals surface area contributed by atoms with Gasteiger partial charge in [0.1, 0.15) is 41.4 Å². The average molecular weight is 620 g/mol. The molecule has 0 fully saturated rings. The predicted molar refractivity (Wildman–Crippen MR) is 154 cm³/mol. The van der Waals surface area contributed by atoms with E-state index in [0.29, 0.717) is 17.9 Å². The van der Waals surface area contributed by atoms with Crippen molar-refractivity contribution >= 4 is 39.3 Å². The maximum atomic E-state index is 13.1. The number of nitro groups is 1. The van der Waals surface area contributed by atoms with E-state index in [2.05, 4.69) is 5.32 Å². The van der Waals surface area contributed by atoms with Gasteiger partial charge >= 0.3 is 6.09 Å². The van der Waals surface area contributed by atoms with E-state index in [1.807, 2.05) is 35.1 Å². The minimum absolute atomic E-state index is 0.112. The van der Waals surface area contributed by atoms with Gasteiger partial charge in [0.25, 0.3) is 21.6 Å². The number of nitrogens with one attached hydrogen (secondary N) is 2. The van der Waals surface area contributed by atoms with E-state index in [-0.39, 0.29) is 18.1 Å². The van der Waals surface area contributed by atoms with Gasteiger partial charge in [0.15, 0.2) is 0 Å². The van der Waals surface area contributed by atoms with Crippen LogP contribution in [-0.4, -0.2) is 50.2 Å². The number of para-hydroxylation sites is 1. The number of nitro benzene ring substituents is 1. The normalized spacial score (nSPS) is 12.1. The number of amides is 2. The first-order valence-electron chi connectivity index (χ1n) is 12.6. The molecule has 2 N–H and O–H groups in total. The molecule has 3 aromatic rings. The first-order valence-corrected chi connectivity index (χ1v) is 14.5. The molecule has 0 saturated carbocycles. The molecule has 0 aliphatic carbocycles. The molecule has 3 aromatic carbocycles. The van der Waals surface area contributed by atoms with Gasteiger partial charge in [-0.25, -0.2) is 17.9 Å². The number of carbonyl (C=O) groups excluding carboxylic acids is 2. The Hall–Kier alpha value is -4.36. The molecule has 0 bridgehead atoms. The summed E-state index contributed by atoms with van der Waals surface area (Å²) in [6, 6.07) is 17.3. The maximum absolute atomic E-state index is 13.1. The first kappa shape index (κ1) is 32.2. The molecule has 0 aromatic heterocycles. The third kappa shape index (κ3) is 9.93. The third-order valence-electron chi connectivity index (χ3n) is 5.39. The lowest BCUT2D eigenvalue weighted by Crippen LogP contribution is -2.50. The summed E-state index contributed by atoms with van der Waals surface area (Å²) in [5.41, 5.74) is -0.967. The number of ether oxygens (including phenoxy) is 3. The van der Waals surface area contributed by atoms with Gasteiger partial charge in [-0.1, -0.05) is 41.9 Å². The van der Waals surface area contributed by atoms with Crippen LogP contribution in [0.3, 0.4) is 0 Å². The van der Waals surface area contributed by atoms with Gasteiger partial charge < -0.3 is 19.5 Å². The monoisotopic (exact) mass is 619 g/mol. The summed E-state index contributed by atoms with van der Waals surface area (Å²) >= 11 is 5.77. The highest BCUT2D eigenvalue weighted by molar-refractivity contribution is 7.90. The second-order valence-electron chi connectivity index (χ2n) is 9.90. The smallest absolute Gasteiger partial charge is 0.408 e. The molecule has 0 aliphatic rings. The number of hydrogen-bond donors (Lipinski definition) is 2. The minimum Gasteiger partial charge on any atom is -0.490 e. The van der Waals surface area contributed by atoms with Crippen LogP contribution in [0, 0.1) is 10.1 Å². The molecule has 0 aliphatic heterocycles.